The summed E-state index contributed by atoms with van der Waals surface area (Å²) in [5, 5.41) is 9.31. The van der Waals surface area contributed by atoms with Gasteiger partial charge in [0, 0.05) is 5.41 Å². The van der Waals surface area contributed by atoms with E-state index in [0.717, 1.165) is 25.7 Å². The summed E-state index contributed by atoms with van der Waals surface area (Å²) < 4.78 is 0. The van der Waals surface area contributed by atoms with Crippen LogP contribution in [-0.4, -0.2) is 16.2 Å². The number of nitrogens with two attached hydrogens (primary N) is 1. The summed E-state index contributed by atoms with van der Waals surface area (Å²) in [5.41, 5.74) is 6.00. The quantitative estimate of drug-likeness (QED) is 0.718. The van der Waals surface area contributed by atoms with Crippen molar-refractivity contribution in [2.75, 3.05) is 0 Å². The van der Waals surface area contributed by atoms with E-state index in [0.29, 0.717) is 5.92 Å². The monoisotopic (exact) mass is 231 g/mol. The van der Waals surface area contributed by atoms with Crippen molar-refractivity contribution in [3.05, 3.63) is 0 Å². The highest BCUT2D eigenvalue weighted by molar-refractivity contribution is 6.24. The summed E-state index contributed by atoms with van der Waals surface area (Å²) in [6, 6.07) is -0.269. The molecule has 0 amide bonds. The van der Waals surface area contributed by atoms with Crippen LogP contribution in [0.2, 0.25) is 0 Å². The molecule has 0 aromatic heterocycles. The van der Waals surface area contributed by atoms with Crippen molar-refractivity contribution in [3.63, 3.8) is 0 Å². The molecule has 2 aliphatic carbocycles. The highest BCUT2D eigenvalue weighted by Crippen LogP contribution is 2.72. The van der Waals surface area contributed by atoms with Gasteiger partial charge in [-0.05, 0) is 30.6 Å². The highest BCUT2D eigenvalue weighted by Gasteiger charge is 2.73. The third kappa shape index (κ3) is 1.08. The van der Waals surface area contributed by atoms with E-state index >= 15 is 0 Å². The highest BCUT2D eigenvalue weighted by atomic mass is 35.5. The van der Waals surface area contributed by atoms with Gasteiger partial charge in [-0.25, -0.2) is 0 Å². The fourth-order valence-corrected chi connectivity index (χ4v) is 4.91. The Kier molecular flexibility index (Phi) is 2.43. The SMILES string of the molecule is CCCC12CCC(C(N)C1(O)Cl)C2(C)C. The molecule has 2 bridgehead atoms. The number of hydrogen-bond donors (Lipinski definition) is 2. The van der Waals surface area contributed by atoms with Crippen molar-refractivity contribution < 1.29 is 5.11 Å². The van der Waals surface area contributed by atoms with Gasteiger partial charge < -0.3 is 10.8 Å². The Morgan fingerprint density at radius 1 is 1.47 bits per heavy atom. The largest absolute Gasteiger partial charge is 0.373 e. The molecular formula is C12H22ClNO. The van der Waals surface area contributed by atoms with E-state index in [1.54, 1.807) is 0 Å². The molecule has 88 valence electrons. The van der Waals surface area contributed by atoms with Crippen LogP contribution in [0.5, 0.6) is 0 Å². The summed E-state index contributed by atoms with van der Waals surface area (Å²) in [6.45, 7) is 6.59. The van der Waals surface area contributed by atoms with E-state index in [2.05, 4.69) is 20.8 Å². The van der Waals surface area contributed by atoms with Crippen molar-refractivity contribution in [1.29, 1.82) is 0 Å². The first kappa shape index (κ1) is 11.7. The molecule has 0 radical (unpaired) electrons. The molecule has 0 heterocycles. The summed E-state index contributed by atoms with van der Waals surface area (Å²) in [5.74, 6) is 0.367. The molecule has 0 aliphatic heterocycles. The zero-order valence-electron chi connectivity index (χ0n) is 9.89. The Morgan fingerprint density at radius 2 is 2.07 bits per heavy atom. The normalized spacial score (nSPS) is 52.4. The molecule has 4 unspecified atom stereocenters. The van der Waals surface area contributed by atoms with E-state index in [-0.39, 0.29) is 16.9 Å². The van der Waals surface area contributed by atoms with E-state index in [1.165, 1.54) is 0 Å². The summed E-state index contributed by atoms with van der Waals surface area (Å²) >= 11 is 6.37. The predicted molar refractivity (Wildman–Crippen MR) is 62.6 cm³/mol. The van der Waals surface area contributed by atoms with Crippen LogP contribution < -0.4 is 5.73 Å². The Hall–Kier alpha value is 0.210. The maximum atomic E-state index is 10.5. The van der Waals surface area contributed by atoms with Gasteiger partial charge in [0.05, 0.1) is 6.04 Å². The molecule has 0 spiro atoms. The lowest BCUT2D eigenvalue weighted by molar-refractivity contribution is -0.0503. The molecule has 2 nitrogen and oxygen atoms in total. The molecule has 2 saturated carbocycles. The Labute approximate surface area is 97.2 Å². The van der Waals surface area contributed by atoms with E-state index in [1.807, 2.05) is 0 Å². The summed E-state index contributed by atoms with van der Waals surface area (Å²) in [4.78, 5) is 0. The molecule has 2 aliphatic rings. The molecule has 2 fully saturated rings. The standard InChI is InChI=1S/C12H22ClNO/c1-4-6-11-7-5-8(10(11,2)3)9(14)12(11,13)15/h8-9,15H,4-7,14H2,1-3H3. The minimum atomic E-state index is -1.20. The van der Waals surface area contributed by atoms with Crippen molar-refractivity contribution in [1.82, 2.24) is 0 Å². The maximum Gasteiger partial charge on any atom is 0.159 e. The first-order valence-corrected chi connectivity index (χ1v) is 6.36. The van der Waals surface area contributed by atoms with E-state index in [4.69, 9.17) is 17.3 Å². The number of hydrogen-bond acceptors (Lipinski definition) is 2. The first-order chi connectivity index (χ1) is 6.81. The van der Waals surface area contributed by atoms with Crippen LogP contribution in [0.15, 0.2) is 0 Å². The Balaban J connectivity index is 2.48. The minimum Gasteiger partial charge on any atom is -0.373 e. The van der Waals surface area contributed by atoms with Crippen molar-refractivity contribution in [3.8, 4) is 0 Å². The van der Waals surface area contributed by atoms with Gasteiger partial charge in [-0.15, -0.1) is 0 Å². The topological polar surface area (TPSA) is 46.2 Å². The number of alkyl halides is 1. The van der Waals surface area contributed by atoms with Gasteiger partial charge in [0.25, 0.3) is 0 Å². The molecule has 4 atom stereocenters. The molecule has 3 heteroatoms. The van der Waals surface area contributed by atoms with Gasteiger partial charge in [-0.1, -0.05) is 38.8 Å². The number of halogens is 1. The Bertz CT molecular complexity index is 267. The fourth-order valence-electron chi connectivity index (χ4n) is 4.33. The average molecular weight is 232 g/mol. The summed E-state index contributed by atoms with van der Waals surface area (Å²) in [7, 11) is 0. The zero-order chi connectivity index (χ0) is 11.5. The van der Waals surface area contributed by atoms with Crippen molar-refractivity contribution in [2.24, 2.45) is 22.5 Å². The van der Waals surface area contributed by atoms with Gasteiger partial charge in [0.1, 0.15) is 0 Å². The van der Waals surface area contributed by atoms with Crippen LogP contribution >= 0.6 is 11.6 Å². The Morgan fingerprint density at radius 3 is 2.47 bits per heavy atom. The second-order valence-electron chi connectivity index (χ2n) is 5.90. The van der Waals surface area contributed by atoms with E-state index < -0.39 is 5.06 Å². The lowest BCUT2D eigenvalue weighted by Crippen LogP contribution is -2.54. The molecule has 0 aromatic rings. The van der Waals surface area contributed by atoms with Crippen LogP contribution in [0.25, 0.3) is 0 Å². The predicted octanol–water partition coefficient (Wildman–Crippen LogP) is 2.48. The molecular weight excluding hydrogens is 210 g/mol. The third-order valence-corrected chi connectivity index (χ3v) is 5.88. The lowest BCUT2D eigenvalue weighted by atomic mass is 9.65. The minimum absolute atomic E-state index is 0.0684. The average Bonchev–Trinajstić information content (AvgIpc) is 2.42. The van der Waals surface area contributed by atoms with Crippen molar-refractivity contribution >= 4 is 11.6 Å². The smallest absolute Gasteiger partial charge is 0.159 e. The fraction of sp³-hybridized carbons (Fsp3) is 1.00. The number of aliphatic hydroxyl groups is 1. The second kappa shape index (κ2) is 3.12. The molecule has 15 heavy (non-hydrogen) atoms. The van der Waals surface area contributed by atoms with Crippen LogP contribution in [0.1, 0.15) is 46.5 Å². The third-order valence-electron chi connectivity index (χ3n) is 5.27. The van der Waals surface area contributed by atoms with E-state index in [9.17, 15) is 5.11 Å². The van der Waals surface area contributed by atoms with Crippen LogP contribution in [0, 0.1) is 16.7 Å². The van der Waals surface area contributed by atoms with Crippen LogP contribution in [0.4, 0.5) is 0 Å². The molecule has 3 N–H and O–H groups in total. The maximum absolute atomic E-state index is 10.5. The van der Waals surface area contributed by atoms with Crippen LogP contribution in [-0.2, 0) is 0 Å². The molecule has 0 saturated heterocycles. The number of rotatable bonds is 2. The van der Waals surface area contributed by atoms with Gasteiger partial charge >= 0.3 is 0 Å². The van der Waals surface area contributed by atoms with Gasteiger partial charge in [-0.2, -0.15) is 0 Å². The van der Waals surface area contributed by atoms with Gasteiger partial charge in [0.15, 0.2) is 5.06 Å². The van der Waals surface area contributed by atoms with Gasteiger partial charge in [0.2, 0.25) is 0 Å². The molecule has 0 aromatic carbocycles. The number of fused-ring (bicyclic) bond motifs is 2. The van der Waals surface area contributed by atoms with Crippen LogP contribution in [0.3, 0.4) is 0 Å². The van der Waals surface area contributed by atoms with Gasteiger partial charge in [-0.3, -0.25) is 0 Å². The lowest BCUT2D eigenvalue weighted by Gasteiger charge is -2.45. The molecule has 2 rings (SSSR count). The van der Waals surface area contributed by atoms with Crippen molar-refractivity contribution in [2.45, 2.75) is 57.6 Å². The first-order valence-electron chi connectivity index (χ1n) is 5.98. The zero-order valence-corrected chi connectivity index (χ0v) is 10.6. The second-order valence-corrected chi connectivity index (χ2v) is 6.47. The summed E-state index contributed by atoms with van der Waals surface area (Å²) in [6.07, 6.45) is 4.16.